The third kappa shape index (κ3) is 3.99. The molecule has 11 heteroatoms. The summed E-state index contributed by atoms with van der Waals surface area (Å²) in [5.41, 5.74) is 0.868. The van der Waals surface area contributed by atoms with Gasteiger partial charge in [-0.3, -0.25) is 14.1 Å². The minimum absolute atomic E-state index is 0.119. The number of fused-ring (bicyclic) bond motifs is 3. The molecule has 34 heavy (non-hydrogen) atoms. The van der Waals surface area contributed by atoms with Crippen molar-refractivity contribution in [2.24, 2.45) is 0 Å². The quantitative estimate of drug-likeness (QED) is 0.437. The van der Waals surface area contributed by atoms with Crippen molar-refractivity contribution in [2.45, 2.75) is 38.3 Å². The molecule has 0 spiro atoms. The van der Waals surface area contributed by atoms with Crippen molar-refractivity contribution in [3.8, 4) is 11.5 Å². The summed E-state index contributed by atoms with van der Waals surface area (Å²) >= 11 is 0. The molecular formula is C23H27FN6O4. The summed E-state index contributed by atoms with van der Waals surface area (Å²) in [6, 6.07) is 4.69. The molecule has 1 aromatic carbocycles. The Morgan fingerprint density at radius 3 is 2.97 bits per heavy atom. The van der Waals surface area contributed by atoms with Crippen molar-refractivity contribution in [3.63, 3.8) is 0 Å². The third-order valence-electron chi connectivity index (χ3n) is 6.32. The van der Waals surface area contributed by atoms with Gasteiger partial charge in [-0.25, -0.2) is 9.37 Å². The summed E-state index contributed by atoms with van der Waals surface area (Å²) in [5, 5.41) is 14.0. The molecule has 1 fully saturated rings. The predicted octanol–water partition coefficient (Wildman–Crippen LogP) is 2.04. The normalized spacial score (nSPS) is 18.2. The summed E-state index contributed by atoms with van der Waals surface area (Å²) in [7, 11) is 1.59. The number of aliphatic hydroxyl groups excluding tert-OH is 1. The topological polar surface area (TPSA) is 111 Å². The molecule has 0 bridgehead atoms. The smallest absolute Gasteiger partial charge is 0.277 e. The maximum atomic E-state index is 15.0. The van der Waals surface area contributed by atoms with Gasteiger partial charge in [-0.1, -0.05) is 18.1 Å². The second-order valence-corrected chi connectivity index (χ2v) is 8.79. The molecule has 2 unspecified atom stereocenters. The van der Waals surface area contributed by atoms with Gasteiger partial charge >= 0.3 is 0 Å². The molecule has 0 amide bonds. The van der Waals surface area contributed by atoms with E-state index in [1.807, 2.05) is 6.92 Å². The first-order valence-electron chi connectivity index (χ1n) is 11.4. The van der Waals surface area contributed by atoms with Crippen LogP contribution in [-0.2, 0) is 11.3 Å². The zero-order chi connectivity index (χ0) is 23.8. The molecule has 1 saturated heterocycles. The molecule has 4 aromatic rings. The van der Waals surface area contributed by atoms with Crippen molar-refractivity contribution in [3.05, 3.63) is 46.6 Å². The van der Waals surface area contributed by atoms with Crippen molar-refractivity contribution < 1.29 is 18.8 Å². The fourth-order valence-electron chi connectivity index (χ4n) is 4.64. The summed E-state index contributed by atoms with van der Waals surface area (Å²) in [4.78, 5) is 24.6. The number of β-amino-alcohol motifs (C(OH)–C–C–N with tert-alkyl or cyclic N) is 1. The van der Waals surface area contributed by atoms with Crippen LogP contribution in [0.5, 0.6) is 0 Å². The largest absolute Gasteiger partial charge is 0.392 e. The Labute approximate surface area is 194 Å². The molecule has 5 rings (SSSR count). The highest BCUT2D eigenvalue weighted by Crippen LogP contribution is 2.25. The van der Waals surface area contributed by atoms with Gasteiger partial charge in [-0.15, -0.1) is 0 Å². The van der Waals surface area contributed by atoms with Crippen molar-refractivity contribution >= 4 is 16.6 Å². The summed E-state index contributed by atoms with van der Waals surface area (Å²) in [5.74, 6) is -0.0277. The summed E-state index contributed by atoms with van der Waals surface area (Å²) < 4.78 is 28.5. The lowest BCUT2D eigenvalue weighted by atomic mass is 10.1. The van der Waals surface area contributed by atoms with Crippen molar-refractivity contribution in [1.82, 2.24) is 29.0 Å². The lowest BCUT2D eigenvalue weighted by Gasteiger charge is -2.30. The number of aliphatic hydroxyl groups is 1. The summed E-state index contributed by atoms with van der Waals surface area (Å²) in [6.45, 7) is 4.46. The first-order valence-corrected chi connectivity index (χ1v) is 11.4. The fraction of sp³-hybridized carbons (Fsp3) is 0.478. The SMILES string of the molecule is COCC(C)c1nc(-c2ncn3c2c(=O)n(CCN2CCCC(O)C2)c2c(F)cccc23)no1. The van der Waals surface area contributed by atoms with Crippen LogP contribution in [0.2, 0.25) is 0 Å². The highest BCUT2D eigenvalue weighted by molar-refractivity contribution is 5.84. The van der Waals surface area contributed by atoms with Crippen LogP contribution >= 0.6 is 0 Å². The van der Waals surface area contributed by atoms with E-state index in [1.165, 1.54) is 17.0 Å². The molecule has 0 aliphatic carbocycles. The van der Waals surface area contributed by atoms with Crippen molar-refractivity contribution in [2.75, 3.05) is 33.4 Å². The van der Waals surface area contributed by atoms with Crippen LogP contribution in [0.4, 0.5) is 4.39 Å². The van der Waals surface area contributed by atoms with E-state index in [9.17, 15) is 14.3 Å². The molecule has 4 heterocycles. The lowest BCUT2D eigenvalue weighted by molar-refractivity contribution is 0.0689. The maximum Gasteiger partial charge on any atom is 0.277 e. The molecule has 1 aliphatic heterocycles. The lowest BCUT2D eigenvalue weighted by Crippen LogP contribution is -2.41. The highest BCUT2D eigenvalue weighted by atomic mass is 19.1. The van der Waals surface area contributed by atoms with Crippen LogP contribution in [0, 0.1) is 5.82 Å². The van der Waals surface area contributed by atoms with Crippen LogP contribution in [0.25, 0.3) is 28.1 Å². The Balaban J connectivity index is 1.61. The van der Waals surface area contributed by atoms with E-state index in [1.54, 1.807) is 23.6 Å². The Hall–Kier alpha value is -3.15. The number of benzene rings is 1. The predicted molar refractivity (Wildman–Crippen MR) is 122 cm³/mol. The van der Waals surface area contributed by atoms with Gasteiger partial charge in [0.1, 0.15) is 28.9 Å². The van der Waals surface area contributed by atoms with Gasteiger partial charge in [-0.2, -0.15) is 4.98 Å². The molecule has 1 N–H and O–H groups in total. The summed E-state index contributed by atoms with van der Waals surface area (Å²) in [6.07, 6.45) is 2.76. The molecular weight excluding hydrogens is 443 g/mol. The van der Waals surface area contributed by atoms with Gasteiger partial charge in [0.05, 0.1) is 24.1 Å². The Morgan fingerprint density at radius 2 is 2.18 bits per heavy atom. The van der Waals surface area contributed by atoms with E-state index in [2.05, 4.69) is 20.0 Å². The van der Waals surface area contributed by atoms with Gasteiger partial charge in [-0.05, 0) is 31.5 Å². The number of likely N-dealkylation sites (tertiary alicyclic amines) is 1. The van der Waals surface area contributed by atoms with Crippen LogP contribution in [0.3, 0.4) is 0 Å². The van der Waals surface area contributed by atoms with Crippen LogP contribution in [0.15, 0.2) is 33.8 Å². The molecule has 0 saturated carbocycles. The molecule has 180 valence electrons. The van der Waals surface area contributed by atoms with Gasteiger partial charge in [0.2, 0.25) is 11.7 Å². The van der Waals surface area contributed by atoms with E-state index in [0.29, 0.717) is 31.1 Å². The Kier molecular flexibility index (Phi) is 6.15. The van der Waals surface area contributed by atoms with Gasteiger partial charge in [0.25, 0.3) is 5.56 Å². The Bertz CT molecular complexity index is 1380. The van der Waals surface area contributed by atoms with E-state index >= 15 is 0 Å². The monoisotopic (exact) mass is 470 g/mol. The van der Waals surface area contributed by atoms with E-state index in [4.69, 9.17) is 9.26 Å². The minimum Gasteiger partial charge on any atom is -0.392 e. The number of hydrogen-bond donors (Lipinski definition) is 1. The average molecular weight is 471 g/mol. The fourth-order valence-corrected chi connectivity index (χ4v) is 4.64. The minimum atomic E-state index is -0.485. The molecule has 0 radical (unpaired) electrons. The number of para-hydroxylation sites is 1. The molecule has 2 atom stereocenters. The number of piperidine rings is 1. The second-order valence-electron chi connectivity index (χ2n) is 8.79. The average Bonchev–Trinajstić information content (AvgIpc) is 3.47. The number of methoxy groups -OCH3 is 1. The third-order valence-corrected chi connectivity index (χ3v) is 6.32. The van der Waals surface area contributed by atoms with Gasteiger partial charge in [0, 0.05) is 26.7 Å². The van der Waals surface area contributed by atoms with E-state index in [0.717, 1.165) is 19.4 Å². The van der Waals surface area contributed by atoms with Crippen molar-refractivity contribution in [1.29, 1.82) is 0 Å². The second kappa shape index (κ2) is 9.24. The van der Waals surface area contributed by atoms with Gasteiger partial charge < -0.3 is 18.9 Å². The van der Waals surface area contributed by atoms with Crippen LogP contribution in [-0.4, -0.2) is 73.6 Å². The zero-order valence-electron chi connectivity index (χ0n) is 19.1. The van der Waals surface area contributed by atoms with E-state index in [-0.39, 0.29) is 46.7 Å². The number of hydrogen-bond acceptors (Lipinski definition) is 8. The standard InChI is InChI=1S/C23H27FN6O4/c1-14(12-33-2)22-26-21(27-34-22)18-20-23(32)29(10-9-28-8-4-5-15(31)11-28)19-16(24)6-3-7-17(19)30(20)13-25-18/h3,6-7,13-15,31H,4-5,8-12H2,1-2H3. The number of rotatable bonds is 7. The number of halogens is 1. The number of ether oxygens (including phenoxy) is 1. The number of nitrogens with zero attached hydrogens (tertiary/aromatic N) is 6. The molecule has 3 aromatic heterocycles. The molecule has 10 nitrogen and oxygen atoms in total. The first kappa shape index (κ1) is 22.6. The zero-order valence-corrected chi connectivity index (χ0v) is 19.1. The van der Waals surface area contributed by atoms with Crippen LogP contribution < -0.4 is 5.56 Å². The highest BCUT2D eigenvalue weighted by Gasteiger charge is 2.24. The van der Waals surface area contributed by atoms with E-state index < -0.39 is 5.82 Å². The van der Waals surface area contributed by atoms with Gasteiger partial charge in [0.15, 0.2) is 0 Å². The number of imidazole rings is 1. The number of aromatic nitrogens is 5. The molecule has 1 aliphatic rings. The first-order chi connectivity index (χ1) is 16.5. The maximum absolute atomic E-state index is 15.0. The van der Waals surface area contributed by atoms with Crippen LogP contribution in [0.1, 0.15) is 31.6 Å². The Morgan fingerprint density at radius 1 is 1.32 bits per heavy atom.